The zero-order valence-corrected chi connectivity index (χ0v) is 19.6. The highest BCUT2D eigenvalue weighted by molar-refractivity contribution is 6.06. The molecule has 0 aliphatic carbocycles. The summed E-state index contributed by atoms with van der Waals surface area (Å²) in [5.41, 5.74) is 8.04. The third-order valence-electron chi connectivity index (χ3n) is 5.48. The van der Waals surface area contributed by atoms with E-state index in [1.165, 1.54) is 18.2 Å². The number of benzene rings is 2. The van der Waals surface area contributed by atoms with Crippen molar-refractivity contribution in [3.8, 4) is 0 Å². The van der Waals surface area contributed by atoms with Gasteiger partial charge in [0.1, 0.15) is 11.4 Å². The van der Waals surface area contributed by atoms with Gasteiger partial charge in [0.15, 0.2) is 0 Å². The van der Waals surface area contributed by atoms with Gasteiger partial charge in [-0.1, -0.05) is 0 Å². The Morgan fingerprint density at radius 3 is 2.45 bits per heavy atom. The summed E-state index contributed by atoms with van der Waals surface area (Å²) in [5.74, 6) is -1.41. The lowest BCUT2D eigenvalue weighted by Gasteiger charge is -2.33. The van der Waals surface area contributed by atoms with E-state index in [-0.39, 0.29) is 12.5 Å². The second-order valence-corrected chi connectivity index (χ2v) is 9.21. The number of rotatable bonds is 6. The van der Waals surface area contributed by atoms with Gasteiger partial charge in [0, 0.05) is 31.5 Å². The molecule has 0 bridgehead atoms. The van der Waals surface area contributed by atoms with Crippen LogP contribution in [0.15, 0.2) is 36.4 Å². The van der Waals surface area contributed by atoms with Crippen molar-refractivity contribution in [3.05, 3.63) is 53.3 Å². The van der Waals surface area contributed by atoms with E-state index in [1.807, 2.05) is 6.07 Å². The van der Waals surface area contributed by atoms with Crippen LogP contribution in [0, 0.1) is 5.82 Å². The van der Waals surface area contributed by atoms with Gasteiger partial charge < -0.3 is 25.4 Å². The molecule has 1 amide bonds. The lowest BCUT2D eigenvalue weighted by atomic mass is 10.0. The maximum Gasteiger partial charge on any atom is 0.310 e. The Hall–Kier alpha value is -3.13. The van der Waals surface area contributed by atoms with Gasteiger partial charge in [-0.25, -0.2) is 4.39 Å². The molecular formula is C25H32FN3O4. The van der Waals surface area contributed by atoms with Crippen molar-refractivity contribution in [1.82, 2.24) is 0 Å². The van der Waals surface area contributed by atoms with Gasteiger partial charge >= 0.3 is 5.97 Å². The summed E-state index contributed by atoms with van der Waals surface area (Å²) in [7, 11) is 1.72. The molecule has 33 heavy (non-hydrogen) atoms. The van der Waals surface area contributed by atoms with Gasteiger partial charge in [0.05, 0.1) is 23.9 Å². The molecular weight excluding hydrogens is 425 g/mol. The lowest BCUT2D eigenvalue weighted by molar-refractivity contribution is -0.153. The number of hydrogen-bond acceptors (Lipinski definition) is 6. The molecule has 7 nitrogen and oxygen atoms in total. The molecule has 1 saturated heterocycles. The second kappa shape index (κ2) is 10.2. The van der Waals surface area contributed by atoms with Gasteiger partial charge in [-0.3, -0.25) is 9.59 Å². The monoisotopic (exact) mass is 457 g/mol. The van der Waals surface area contributed by atoms with E-state index < -0.39 is 23.3 Å². The molecule has 0 unspecified atom stereocenters. The SMILES string of the molecule is COC1CCN(c2ccc(C(=O)Nc3ccc(F)cc3CC(=O)OC(C)(C)C)cc2N)CC1. The first kappa shape index (κ1) is 24.5. The Labute approximate surface area is 194 Å². The molecule has 2 aromatic carbocycles. The molecule has 1 aliphatic heterocycles. The van der Waals surface area contributed by atoms with Gasteiger partial charge in [-0.2, -0.15) is 0 Å². The first-order valence-electron chi connectivity index (χ1n) is 11.0. The third-order valence-corrected chi connectivity index (χ3v) is 5.48. The van der Waals surface area contributed by atoms with Gasteiger partial charge in [0.2, 0.25) is 0 Å². The summed E-state index contributed by atoms with van der Waals surface area (Å²) in [6.07, 6.45) is 1.94. The van der Waals surface area contributed by atoms with Crippen LogP contribution in [0.25, 0.3) is 0 Å². The van der Waals surface area contributed by atoms with Crippen molar-refractivity contribution in [1.29, 1.82) is 0 Å². The van der Waals surface area contributed by atoms with Gasteiger partial charge in [0.25, 0.3) is 5.91 Å². The largest absolute Gasteiger partial charge is 0.460 e. The van der Waals surface area contributed by atoms with E-state index in [4.69, 9.17) is 15.2 Å². The van der Waals surface area contributed by atoms with Crippen molar-refractivity contribution in [3.63, 3.8) is 0 Å². The molecule has 3 N–H and O–H groups in total. The van der Waals surface area contributed by atoms with Crippen LogP contribution < -0.4 is 16.0 Å². The van der Waals surface area contributed by atoms with Crippen LogP contribution in [0.1, 0.15) is 49.5 Å². The van der Waals surface area contributed by atoms with Crippen LogP contribution in [-0.4, -0.2) is 43.8 Å². The number of nitrogens with zero attached hydrogens (tertiary/aromatic N) is 1. The highest BCUT2D eigenvalue weighted by Gasteiger charge is 2.22. The molecule has 1 fully saturated rings. The van der Waals surface area contributed by atoms with Crippen LogP contribution in [0.4, 0.5) is 21.5 Å². The molecule has 1 heterocycles. The van der Waals surface area contributed by atoms with E-state index in [0.717, 1.165) is 31.6 Å². The summed E-state index contributed by atoms with van der Waals surface area (Å²) >= 11 is 0. The predicted octanol–water partition coefficient (Wildman–Crippen LogP) is 4.16. The summed E-state index contributed by atoms with van der Waals surface area (Å²) in [6.45, 7) is 6.93. The molecule has 178 valence electrons. The zero-order chi connectivity index (χ0) is 24.2. The van der Waals surface area contributed by atoms with Crippen LogP contribution in [0.2, 0.25) is 0 Å². The van der Waals surface area contributed by atoms with Crippen LogP contribution in [0.5, 0.6) is 0 Å². The number of halogens is 1. The summed E-state index contributed by atoms with van der Waals surface area (Å²) in [5, 5.41) is 2.76. The molecule has 2 aromatic rings. The van der Waals surface area contributed by atoms with Crippen molar-refractivity contribution < 1.29 is 23.5 Å². The highest BCUT2D eigenvalue weighted by atomic mass is 19.1. The molecule has 1 aliphatic rings. The number of esters is 1. The fourth-order valence-corrected chi connectivity index (χ4v) is 3.87. The van der Waals surface area contributed by atoms with Crippen molar-refractivity contribution in [2.75, 3.05) is 36.1 Å². The van der Waals surface area contributed by atoms with Crippen molar-refractivity contribution >= 4 is 28.9 Å². The number of hydrogen-bond donors (Lipinski definition) is 2. The standard InChI is InChI=1S/C25H32FN3O4/c1-25(2,3)33-23(30)15-17-13-18(26)6-7-21(17)28-24(31)16-5-8-22(20(27)14-16)29-11-9-19(32-4)10-12-29/h5-8,13-14,19H,9-12,15,27H2,1-4H3,(H,28,31). The second-order valence-electron chi connectivity index (χ2n) is 9.21. The Bertz CT molecular complexity index is 1010. The quantitative estimate of drug-likeness (QED) is 0.500. The Morgan fingerprint density at radius 2 is 1.85 bits per heavy atom. The molecule has 0 saturated carbocycles. The zero-order valence-electron chi connectivity index (χ0n) is 19.6. The number of carbonyl (C=O) groups is 2. The number of nitrogens with two attached hydrogens (primary N) is 1. The molecule has 0 atom stereocenters. The third kappa shape index (κ3) is 6.68. The number of carbonyl (C=O) groups excluding carboxylic acids is 2. The Morgan fingerprint density at radius 1 is 1.15 bits per heavy atom. The van der Waals surface area contributed by atoms with E-state index >= 15 is 0 Å². The summed E-state index contributed by atoms with van der Waals surface area (Å²) in [6, 6.07) is 9.06. The number of ether oxygens (including phenoxy) is 2. The maximum atomic E-state index is 13.8. The summed E-state index contributed by atoms with van der Waals surface area (Å²) < 4.78 is 24.6. The number of amides is 1. The number of nitrogen functional groups attached to an aromatic ring is 1. The fraction of sp³-hybridized carbons (Fsp3) is 0.440. The summed E-state index contributed by atoms with van der Waals surface area (Å²) in [4.78, 5) is 27.3. The van der Waals surface area contributed by atoms with E-state index in [0.29, 0.717) is 22.5 Å². The molecule has 0 spiro atoms. The number of piperidine rings is 1. The predicted molar refractivity (Wildman–Crippen MR) is 127 cm³/mol. The molecule has 0 radical (unpaired) electrons. The van der Waals surface area contributed by atoms with Crippen LogP contribution >= 0.6 is 0 Å². The molecule has 8 heteroatoms. The smallest absolute Gasteiger partial charge is 0.310 e. The van der Waals surface area contributed by atoms with Crippen molar-refractivity contribution in [2.45, 2.75) is 51.7 Å². The Kier molecular flexibility index (Phi) is 7.58. The average molecular weight is 458 g/mol. The highest BCUT2D eigenvalue weighted by Crippen LogP contribution is 2.28. The van der Waals surface area contributed by atoms with Gasteiger partial charge in [-0.15, -0.1) is 0 Å². The number of nitrogens with one attached hydrogen (secondary N) is 1. The Balaban J connectivity index is 1.72. The lowest BCUT2D eigenvalue weighted by Crippen LogP contribution is -2.37. The molecule has 3 rings (SSSR count). The minimum Gasteiger partial charge on any atom is -0.460 e. The number of anilines is 3. The maximum absolute atomic E-state index is 13.8. The van der Waals surface area contributed by atoms with Gasteiger partial charge in [-0.05, 0) is 75.6 Å². The van der Waals surface area contributed by atoms with E-state index in [1.54, 1.807) is 40.0 Å². The topological polar surface area (TPSA) is 93.9 Å². The number of methoxy groups -OCH3 is 1. The first-order valence-corrected chi connectivity index (χ1v) is 11.0. The fourth-order valence-electron chi connectivity index (χ4n) is 3.87. The first-order chi connectivity index (χ1) is 15.6. The van der Waals surface area contributed by atoms with Crippen LogP contribution in [-0.2, 0) is 20.7 Å². The van der Waals surface area contributed by atoms with E-state index in [9.17, 15) is 14.0 Å². The van der Waals surface area contributed by atoms with Crippen molar-refractivity contribution in [2.24, 2.45) is 0 Å². The normalized spacial score (nSPS) is 14.8. The minimum absolute atomic E-state index is 0.164. The molecule has 0 aromatic heterocycles. The average Bonchev–Trinajstić information content (AvgIpc) is 2.74. The van der Waals surface area contributed by atoms with Crippen LogP contribution in [0.3, 0.4) is 0 Å². The minimum atomic E-state index is -0.661. The van der Waals surface area contributed by atoms with E-state index in [2.05, 4.69) is 10.2 Å².